The predicted molar refractivity (Wildman–Crippen MR) is 123 cm³/mol. The van der Waals surface area contributed by atoms with Crippen molar-refractivity contribution >= 4 is 11.8 Å². The maximum Gasteiger partial charge on any atom is 0.336 e. The number of carbonyl (C=O) groups is 2. The maximum atomic E-state index is 13.3. The molecule has 1 heterocycles. The van der Waals surface area contributed by atoms with Crippen LogP contribution in [-0.2, 0) is 20.9 Å². The first-order chi connectivity index (χ1) is 15.7. The number of nitrogens with one attached hydrogen (secondary N) is 1. The zero-order valence-corrected chi connectivity index (χ0v) is 19.3. The second-order valence-corrected chi connectivity index (χ2v) is 9.41. The molecular formula is C27H28FNO4. The summed E-state index contributed by atoms with van der Waals surface area (Å²) in [6.45, 7) is 6.26. The minimum atomic E-state index is -0.535. The monoisotopic (exact) mass is 449 g/mol. The molecule has 0 bridgehead atoms. The van der Waals surface area contributed by atoms with Crippen molar-refractivity contribution in [1.29, 1.82) is 0 Å². The van der Waals surface area contributed by atoms with E-state index in [1.54, 1.807) is 12.1 Å². The second kappa shape index (κ2) is 8.85. The molecule has 0 saturated carbocycles. The average molecular weight is 450 g/mol. The van der Waals surface area contributed by atoms with Crippen LogP contribution >= 0.6 is 0 Å². The van der Waals surface area contributed by atoms with E-state index < -0.39 is 11.9 Å². The summed E-state index contributed by atoms with van der Waals surface area (Å²) in [4.78, 5) is 26.1. The average Bonchev–Trinajstić information content (AvgIpc) is 2.76. The van der Waals surface area contributed by atoms with Gasteiger partial charge in [0, 0.05) is 29.3 Å². The molecule has 2 aliphatic rings. The summed E-state index contributed by atoms with van der Waals surface area (Å²) < 4.78 is 24.2. The number of carbonyl (C=O) groups excluding carboxylic acids is 2. The van der Waals surface area contributed by atoms with Gasteiger partial charge in [-0.2, -0.15) is 0 Å². The zero-order valence-electron chi connectivity index (χ0n) is 19.3. The van der Waals surface area contributed by atoms with Gasteiger partial charge in [-0.3, -0.25) is 4.79 Å². The van der Waals surface area contributed by atoms with Gasteiger partial charge in [-0.15, -0.1) is 0 Å². The molecule has 1 aliphatic heterocycles. The summed E-state index contributed by atoms with van der Waals surface area (Å²) in [5, 5.41) is 3.31. The smallest absolute Gasteiger partial charge is 0.336 e. The Kier molecular flexibility index (Phi) is 6.11. The summed E-state index contributed by atoms with van der Waals surface area (Å²) in [5.41, 5.74) is 4.07. The van der Waals surface area contributed by atoms with Gasteiger partial charge in [0.1, 0.15) is 18.2 Å². The van der Waals surface area contributed by atoms with Crippen LogP contribution in [0.15, 0.2) is 71.1 Å². The number of ether oxygens (including phenoxy) is 2. The topological polar surface area (TPSA) is 64.6 Å². The van der Waals surface area contributed by atoms with Crippen molar-refractivity contribution in [2.24, 2.45) is 5.41 Å². The molecule has 0 fully saturated rings. The Morgan fingerprint density at radius 3 is 2.58 bits per heavy atom. The van der Waals surface area contributed by atoms with E-state index in [1.165, 1.54) is 19.2 Å². The Labute approximate surface area is 193 Å². The first-order valence-electron chi connectivity index (χ1n) is 11.0. The number of rotatable bonds is 5. The Balaban J connectivity index is 1.72. The Bertz CT molecular complexity index is 1160. The van der Waals surface area contributed by atoms with Crippen molar-refractivity contribution in [3.8, 4) is 5.75 Å². The van der Waals surface area contributed by atoms with Gasteiger partial charge >= 0.3 is 5.97 Å². The van der Waals surface area contributed by atoms with E-state index in [2.05, 4.69) is 19.2 Å². The standard InChI is InChI=1S/C27H28FNO4/c1-16-23(26(31)32-4)24(25-21(29-16)13-27(2,3)14-22(25)30)18-6-5-7-20(12-18)33-15-17-8-10-19(28)11-9-17/h5-12,24,29H,13-15H2,1-4H3. The molecular weight excluding hydrogens is 421 g/mol. The van der Waals surface area contributed by atoms with Crippen LogP contribution in [0.3, 0.4) is 0 Å². The molecule has 0 aromatic heterocycles. The lowest BCUT2D eigenvalue weighted by Gasteiger charge is -2.39. The third-order valence-corrected chi connectivity index (χ3v) is 6.16. The van der Waals surface area contributed by atoms with Crippen molar-refractivity contribution in [2.45, 2.75) is 46.1 Å². The van der Waals surface area contributed by atoms with Gasteiger partial charge in [-0.25, -0.2) is 9.18 Å². The van der Waals surface area contributed by atoms with Gasteiger partial charge in [0.15, 0.2) is 5.78 Å². The fraction of sp³-hybridized carbons (Fsp3) is 0.333. The molecule has 4 rings (SSSR count). The number of allylic oxidation sites excluding steroid dienone is 3. The molecule has 0 amide bonds. The van der Waals surface area contributed by atoms with Crippen LogP contribution in [0.1, 0.15) is 50.7 Å². The molecule has 0 spiro atoms. The lowest BCUT2D eigenvalue weighted by Crippen LogP contribution is -2.38. The highest BCUT2D eigenvalue weighted by molar-refractivity contribution is 6.04. The maximum absolute atomic E-state index is 13.3. The third kappa shape index (κ3) is 4.70. The minimum Gasteiger partial charge on any atom is -0.489 e. The van der Waals surface area contributed by atoms with Crippen LogP contribution in [0.5, 0.6) is 5.75 Å². The van der Waals surface area contributed by atoms with Gasteiger partial charge in [-0.05, 0) is 54.2 Å². The third-order valence-electron chi connectivity index (χ3n) is 6.16. The Morgan fingerprint density at radius 2 is 1.88 bits per heavy atom. The van der Waals surface area contributed by atoms with Crippen molar-refractivity contribution in [3.63, 3.8) is 0 Å². The molecule has 172 valence electrons. The molecule has 2 aromatic rings. The van der Waals surface area contributed by atoms with E-state index >= 15 is 0 Å². The quantitative estimate of drug-likeness (QED) is 0.637. The highest BCUT2D eigenvalue weighted by Gasteiger charge is 2.43. The van der Waals surface area contributed by atoms with E-state index in [-0.39, 0.29) is 23.6 Å². The highest BCUT2D eigenvalue weighted by Crippen LogP contribution is 2.47. The van der Waals surface area contributed by atoms with Crippen LogP contribution < -0.4 is 10.1 Å². The minimum absolute atomic E-state index is 0.0327. The molecule has 1 atom stereocenters. The van der Waals surface area contributed by atoms with E-state index in [4.69, 9.17) is 9.47 Å². The predicted octanol–water partition coefficient (Wildman–Crippen LogP) is 5.18. The van der Waals surface area contributed by atoms with Gasteiger partial charge in [-0.1, -0.05) is 38.1 Å². The number of dihydropyridines is 1. The summed E-state index contributed by atoms with van der Waals surface area (Å²) in [7, 11) is 1.34. The molecule has 1 aliphatic carbocycles. The van der Waals surface area contributed by atoms with E-state index in [1.807, 2.05) is 31.2 Å². The molecule has 0 saturated heterocycles. The van der Waals surface area contributed by atoms with Crippen molar-refractivity contribution < 1.29 is 23.5 Å². The lowest BCUT2D eigenvalue weighted by atomic mass is 9.68. The van der Waals surface area contributed by atoms with Crippen LogP contribution in [0, 0.1) is 11.2 Å². The summed E-state index contributed by atoms with van der Waals surface area (Å²) in [6.07, 6.45) is 1.13. The molecule has 1 unspecified atom stereocenters. The molecule has 0 radical (unpaired) electrons. The van der Waals surface area contributed by atoms with Crippen molar-refractivity contribution in [1.82, 2.24) is 5.32 Å². The number of methoxy groups -OCH3 is 1. The second-order valence-electron chi connectivity index (χ2n) is 9.41. The van der Waals surface area contributed by atoms with E-state index in [0.29, 0.717) is 29.0 Å². The fourth-order valence-electron chi connectivity index (χ4n) is 4.68. The van der Waals surface area contributed by atoms with E-state index in [9.17, 15) is 14.0 Å². The summed E-state index contributed by atoms with van der Waals surface area (Å²) in [5.74, 6) is -0.666. The fourth-order valence-corrected chi connectivity index (χ4v) is 4.68. The number of esters is 1. The van der Waals surface area contributed by atoms with Gasteiger partial charge in [0.05, 0.1) is 12.7 Å². The number of halogens is 1. The van der Waals surface area contributed by atoms with Gasteiger partial charge in [0.25, 0.3) is 0 Å². The van der Waals surface area contributed by atoms with Gasteiger partial charge < -0.3 is 14.8 Å². The van der Waals surface area contributed by atoms with Crippen LogP contribution in [0.2, 0.25) is 0 Å². The Morgan fingerprint density at radius 1 is 1.15 bits per heavy atom. The lowest BCUT2D eigenvalue weighted by molar-refractivity contribution is -0.136. The van der Waals surface area contributed by atoms with Crippen LogP contribution in [-0.4, -0.2) is 18.9 Å². The molecule has 5 nitrogen and oxygen atoms in total. The van der Waals surface area contributed by atoms with E-state index in [0.717, 1.165) is 23.2 Å². The number of ketones is 1. The first-order valence-corrected chi connectivity index (χ1v) is 11.0. The largest absolute Gasteiger partial charge is 0.489 e. The molecule has 33 heavy (non-hydrogen) atoms. The molecule has 1 N–H and O–H groups in total. The van der Waals surface area contributed by atoms with Gasteiger partial charge in [0.2, 0.25) is 0 Å². The first kappa shape index (κ1) is 22.8. The highest BCUT2D eigenvalue weighted by atomic mass is 19.1. The number of hydrogen-bond acceptors (Lipinski definition) is 5. The van der Waals surface area contributed by atoms with Crippen LogP contribution in [0.4, 0.5) is 4.39 Å². The molecule has 2 aromatic carbocycles. The summed E-state index contributed by atoms with van der Waals surface area (Å²) in [6, 6.07) is 13.6. The molecule has 6 heteroatoms. The zero-order chi connectivity index (χ0) is 23.8. The normalized spacial score (nSPS) is 19.7. The number of benzene rings is 2. The number of Topliss-reactive ketones (excluding diaryl/α,β-unsaturated/α-hetero) is 1. The SMILES string of the molecule is COC(=O)C1=C(C)NC2=C(C(=O)CC(C)(C)C2)C1c1cccc(OCc2ccc(F)cc2)c1. The van der Waals surface area contributed by atoms with Crippen molar-refractivity contribution in [2.75, 3.05) is 7.11 Å². The van der Waals surface area contributed by atoms with Crippen molar-refractivity contribution in [3.05, 3.63) is 88.0 Å². The Hall–Kier alpha value is -3.41. The van der Waals surface area contributed by atoms with Crippen LogP contribution in [0.25, 0.3) is 0 Å². The summed E-state index contributed by atoms with van der Waals surface area (Å²) >= 11 is 0. The number of hydrogen-bond donors (Lipinski definition) is 1.